The van der Waals surface area contributed by atoms with Gasteiger partial charge < -0.3 is 15.4 Å². The monoisotopic (exact) mass is 344 g/mol. The van der Waals surface area contributed by atoms with Gasteiger partial charge in [0.15, 0.2) is 0 Å². The zero-order valence-corrected chi connectivity index (χ0v) is 14.4. The van der Waals surface area contributed by atoms with Crippen LogP contribution in [0.1, 0.15) is 25.0 Å². The van der Waals surface area contributed by atoms with E-state index in [0.717, 1.165) is 11.3 Å². The Morgan fingerprint density at radius 2 is 1.76 bits per heavy atom. The molecule has 5 nitrogen and oxygen atoms in total. The molecule has 132 valence electrons. The molecular formula is C19H21FN2O3. The maximum atomic E-state index is 13.2. The molecule has 0 spiro atoms. The molecule has 2 N–H and O–H groups in total. The third kappa shape index (κ3) is 5.60. The minimum Gasteiger partial charge on any atom is -0.491 e. The predicted octanol–water partition coefficient (Wildman–Crippen LogP) is 3.18. The highest BCUT2D eigenvalue weighted by atomic mass is 19.1. The fourth-order valence-corrected chi connectivity index (χ4v) is 2.13. The van der Waals surface area contributed by atoms with Gasteiger partial charge in [-0.2, -0.15) is 0 Å². The number of hydrogen-bond donors (Lipinski definition) is 2. The van der Waals surface area contributed by atoms with Crippen LogP contribution in [-0.2, 0) is 16.1 Å². The molecule has 2 aromatic rings. The minimum atomic E-state index is -0.839. The molecule has 0 saturated heterocycles. The topological polar surface area (TPSA) is 67.4 Å². The summed E-state index contributed by atoms with van der Waals surface area (Å²) in [5.41, 5.74) is 1.78. The maximum absolute atomic E-state index is 13.2. The second-order valence-electron chi connectivity index (χ2n) is 5.91. The molecule has 0 radical (unpaired) electrons. The summed E-state index contributed by atoms with van der Waals surface area (Å²) in [7, 11) is 0. The number of halogens is 1. The van der Waals surface area contributed by atoms with Crippen molar-refractivity contribution >= 4 is 17.5 Å². The van der Waals surface area contributed by atoms with E-state index in [1.807, 2.05) is 26.0 Å². The molecular weight excluding hydrogens is 323 g/mol. The van der Waals surface area contributed by atoms with Gasteiger partial charge in [0.25, 0.3) is 0 Å². The molecule has 2 rings (SSSR count). The van der Waals surface area contributed by atoms with Crippen molar-refractivity contribution < 1.29 is 18.7 Å². The summed E-state index contributed by atoms with van der Waals surface area (Å²) in [5, 5.41) is 4.93. The zero-order chi connectivity index (χ0) is 18.4. The Kier molecular flexibility index (Phi) is 6.11. The van der Waals surface area contributed by atoms with Crippen LogP contribution in [0.4, 0.5) is 10.1 Å². The average Bonchev–Trinajstić information content (AvgIpc) is 2.56. The van der Waals surface area contributed by atoms with Gasteiger partial charge >= 0.3 is 11.8 Å². The Balaban J connectivity index is 1.89. The lowest BCUT2D eigenvalue weighted by molar-refractivity contribution is -0.136. The number of rotatable bonds is 5. The number of carbonyl (C=O) groups is 2. The molecule has 0 aliphatic heterocycles. The lowest BCUT2D eigenvalue weighted by Gasteiger charge is -2.11. The van der Waals surface area contributed by atoms with E-state index >= 15 is 0 Å². The number of carbonyl (C=O) groups excluding carboxylic acids is 2. The highest BCUT2D eigenvalue weighted by molar-refractivity contribution is 6.39. The van der Waals surface area contributed by atoms with Gasteiger partial charge in [0.05, 0.1) is 6.10 Å². The first-order valence-electron chi connectivity index (χ1n) is 7.96. The summed E-state index contributed by atoms with van der Waals surface area (Å²) in [6.07, 6.45) is 0.0838. The molecule has 0 saturated carbocycles. The third-order valence-corrected chi connectivity index (χ3v) is 3.40. The smallest absolute Gasteiger partial charge is 0.313 e. The van der Waals surface area contributed by atoms with Crippen molar-refractivity contribution in [1.29, 1.82) is 0 Å². The molecule has 25 heavy (non-hydrogen) atoms. The summed E-state index contributed by atoms with van der Waals surface area (Å²) < 4.78 is 18.8. The van der Waals surface area contributed by atoms with Crippen LogP contribution in [0.3, 0.4) is 0 Å². The predicted molar refractivity (Wildman–Crippen MR) is 93.8 cm³/mol. The Morgan fingerprint density at radius 1 is 1.08 bits per heavy atom. The van der Waals surface area contributed by atoms with E-state index in [9.17, 15) is 14.0 Å². The van der Waals surface area contributed by atoms with Crippen molar-refractivity contribution in [2.75, 3.05) is 5.32 Å². The molecule has 0 fully saturated rings. The zero-order valence-electron chi connectivity index (χ0n) is 14.4. The molecule has 6 heteroatoms. The van der Waals surface area contributed by atoms with Crippen LogP contribution in [0.15, 0.2) is 42.5 Å². The van der Waals surface area contributed by atoms with E-state index in [2.05, 4.69) is 10.6 Å². The van der Waals surface area contributed by atoms with Crippen LogP contribution >= 0.6 is 0 Å². The number of amides is 2. The quantitative estimate of drug-likeness (QED) is 0.819. The van der Waals surface area contributed by atoms with E-state index in [4.69, 9.17) is 4.74 Å². The number of hydrogen-bond acceptors (Lipinski definition) is 3. The van der Waals surface area contributed by atoms with Crippen molar-refractivity contribution in [2.24, 2.45) is 0 Å². The van der Waals surface area contributed by atoms with Crippen LogP contribution in [0, 0.1) is 12.7 Å². The van der Waals surface area contributed by atoms with E-state index < -0.39 is 17.6 Å². The van der Waals surface area contributed by atoms with Crippen molar-refractivity contribution in [1.82, 2.24) is 5.32 Å². The molecule has 0 aromatic heterocycles. The van der Waals surface area contributed by atoms with Gasteiger partial charge in [-0.25, -0.2) is 4.39 Å². The molecule has 0 atom stereocenters. The Hall–Kier alpha value is -2.89. The Labute approximate surface area is 146 Å². The van der Waals surface area contributed by atoms with Gasteiger partial charge in [-0.15, -0.1) is 0 Å². The van der Waals surface area contributed by atoms with Crippen LogP contribution in [0.2, 0.25) is 0 Å². The van der Waals surface area contributed by atoms with Crippen LogP contribution < -0.4 is 15.4 Å². The molecule has 0 bridgehead atoms. The Bertz CT molecular complexity index is 758. The number of aryl methyl sites for hydroxylation is 1. The summed E-state index contributed by atoms with van der Waals surface area (Å²) in [6, 6.07) is 11.2. The van der Waals surface area contributed by atoms with E-state index in [1.165, 1.54) is 18.2 Å². The second kappa shape index (κ2) is 8.28. The van der Waals surface area contributed by atoms with Crippen molar-refractivity contribution in [3.8, 4) is 5.75 Å². The fourth-order valence-electron chi connectivity index (χ4n) is 2.13. The van der Waals surface area contributed by atoms with Gasteiger partial charge in [0, 0.05) is 12.2 Å². The van der Waals surface area contributed by atoms with E-state index in [0.29, 0.717) is 5.56 Å². The van der Waals surface area contributed by atoms with Crippen molar-refractivity contribution in [3.63, 3.8) is 0 Å². The third-order valence-electron chi connectivity index (χ3n) is 3.40. The minimum absolute atomic E-state index is 0.0838. The molecule has 0 aliphatic carbocycles. The maximum Gasteiger partial charge on any atom is 0.313 e. The van der Waals surface area contributed by atoms with Crippen LogP contribution in [-0.4, -0.2) is 17.9 Å². The summed E-state index contributed by atoms with van der Waals surface area (Å²) >= 11 is 0. The van der Waals surface area contributed by atoms with Crippen molar-refractivity contribution in [3.05, 3.63) is 59.4 Å². The lowest BCUT2D eigenvalue weighted by atomic mass is 10.2. The molecule has 0 unspecified atom stereocenters. The van der Waals surface area contributed by atoms with E-state index in [1.54, 1.807) is 19.1 Å². The summed E-state index contributed by atoms with van der Waals surface area (Å²) in [6.45, 7) is 5.80. The first kappa shape index (κ1) is 18.4. The molecule has 0 aliphatic rings. The normalized spacial score (nSPS) is 10.4. The standard InChI is InChI=1S/C19H21FN2O3/c1-12(2)25-16-8-5-14(6-9-16)11-21-18(23)19(24)22-17-10-15(20)7-4-13(17)3/h4-10,12H,11H2,1-3H3,(H,21,23)(H,22,24). The van der Waals surface area contributed by atoms with Gasteiger partial charge in [0.1, 0.15) is 11.6 Å². The fraction of sp³-hybridized carbons (Fsp3) is 0.263. The second-order valence-corrected chi connectivity index (χ2v) is 5.91. The highest BCUT2D eigenvalue weighted by Crippen LogP contribution is 2.16. The largest absolute Gasteiger partial charge is 0.491 e. The Morgan fingerprint density at radius 3 is 2.40 bits per heavy atom. The van der Waals surface area contributed by atoms with Crippen LogP contribution in [0.5, 0.6) is 5.75 Å². The average molecular weight is 344 g/mol. The van der Waals surface area contributed by atoms with Gasteiger partial charge in [-0.3, -0.25) is 9.59 Å². The molecule has 2 aromatic carbocycles. The molecule has 0 heterocycles. The van der Waals surface area contributed by atoms with Crippen molar-refractivity contribution in [2.45, 2.75) is 33.4 Å². The van der Waals surface area contributed by atoms with Gasteiger partial charge in [0.2, 0.25) is 0 Å². The SMILES string of the molecule is Cc1ccc(F)cc1NC(=O)C(=O)NCc1ccc(OC(C)C)cc1. The number of benzene rings is 2. The van der Waals surface area contributed by atoms with Gasteiger partial charge in [-0.1, -0.05) is 18.2 Å². The number of anilines is 1. The summed E-state index contributed by atoms with van der Waals surface area (Å²) in [4.78, 5) is 23.8. The van der Waals surface area contributed by atoms with Gasteiger partial charge in [-0.05, 0) is 56.2 Å². The lowest BCUT2D eigenvalue weighted by Crippen LogP contribution is -2.35. The number of ether oxygens (including phenoxy) is 1. The molecule has 2 amide bonds. The highest BCUT2D eigenvalue weighted by Gasteiger charge is 2.14. The first-order valence-corrected chi connectivity index (χ1v) is 7.96. The first-order chi connectivity index (χ1) is 11.8. The summed E-state index contributed by atoms with van der Waals surface area (Å²) in [5.74, 6) is -1.37. The van der Waals surface area contributed by atoms with Crippen LogP contribution in [0.25, 0.3) is 0 Å². The number of nitrogens with one attached hydrogen (secondary N) is 2. The van der Waals surface area contributed by atoms with E-state index in [-0.39, 0.29) is 18.3 Å².